The standard InChI is InChI=1S/C22H27N3O2S/c26-21(17-4-2-1-3-5-17)16-25(20-10-11-20)22(27)23-18-6-8-19(9-7-18)24-12-14-28-15-13-24/h1-9,20-21,26H,10-16H2,(H,23,27). The lowest BCUT2D eigenvalue weighted by Gasteiger charge is -2.29. The van der Waals surface area contributed by atoms with Gasteiger partial charge in [-0.25, -0.2) is 4.79 Å². The van der Waals surface area contributed by atoms with Crippen molar-refractivity contribution in [2.45, 2.75) is 25.0 Å². The molecule has 2 aliphatic rings. The number of anilines is 2. The van der Waals surface area contributed by atoms with E-state index < -0.39 is 6.10 Å². The van der Waals surface area contributed by atoms with Crippen LogP contribution in [0.3, 0.4) is 0 Å². The van der Waals surface area contributed by atoms with Crippen LogP contribution < -0.4 is 10.2 Å². The molecule has 28 heavy (non-hydrogen) atoms. The third kappa shape index (κ3) is 4.80. The molecule has 0 aromatic heterocycles. The number of hydrogen-bond donors (Lipinski definition) is 2. The quantitative estimate of drug-likeness (QED) is 0.774. The van der Waals surface area contributed by atoms with E-state index in [0.717, 1.165) is 37.2 Å². The highest BCUT2D eigenvalue weighted by atomic mass is 32.2. The summed E-state index contributed by atoms with van der Waals surface area (Å²) < 4.78 is 0. The van der Waals surface area contributed by atoms with Gasteiger partial charge in [0.2, 0.25) is 0 Å². The van der Waals surface area contributed by atoms with Gasteiger partial charge in [-0.3, -0.25) is 0 Å². The molecule has 1 aliphatic carbocycles. The highest BCUT2D eigenvalue weighted by Gasteiger charge is 2.34. The maximum atomic E-state index is 12.8. The van der Waals surface area contributed by atoms with Gasteiger partial charge in [0.15, 0.2) is 0 Å². The van der Waals surface area contributed by atoms with Crippen LogP contribution in [-0.4, -0.2) is 53.2 Å². The van der Waals surface area contributed by atoms with Crippen LogP contribution in [0.25, 0.3) is 0 Å². The molecular weight excluding hydrogens is 370 g/mol. The highest BCUT2D eigenvalue weighted by molar-refractivity contribution is 7.99. The molecule has 5 nitrogen and oxygen atoms in total. The monoisotopic (exact) mass is 397 g/mol. The zero-order chi connectivity index (χ0) is 19.3. The van der Waals surface area contributed by atoms with Gasteiger partial charge in [-0.2, -0.15) is 11.8 Å². The Morgan fingerprint density at radius 3 is 2.43 bits per heavy atom. The van der Waals surface area contributed by atoms with Crippen molar-refractivity contribution >= 4 is 29.2 Å². The number of benzene rings is 2. The van der Waals surface area contributed by atoms with Gasteiger partial charge in [-0.05, 0) is 42.7 Å². The van der Waals surface area contributed by atoms with E-state index in [1.807, 2.05) is 54.2 Å². The first-order chi connectivity index (χ1) is 13.7. The molecule has 1 aliphatic heterocycles. The Kier molecular flexibility index (Phi) is 6.07. The highest BCUT2D eigenvalue weighted by Crippen LogP contribution is 2.30. The van der Waals surface area contributed by atoms with Crippen LogP contribution in [0.15, 0.2) is 54.6 Å². The van der Waals surface area contributed by atoms with E-state index in [2.05, 4.69) is 22.3 Å². The number of urea groups is 1. The number of amides is 2. The Labute approximate surface area is 170 Å². The van der Waals surface area contributed by atoms with Crippen LogP contribution in [-0.2, 0) is 0 Å². The van der Waals surface area contributed by atoms with Gasteiger partial charge in [0, 0.05) is 42.0 Å². The summed E-state index contributed by atoms with van der Waals surface area (Å²) in [5, 5.41) is 13.5. The first-order valence-corrected chi connectivity index (χ1v) is 11.1. The lowest BCUT2D eigenvalue weighted by Crippen LogP contribution is -2.39. The lowest BCUT2D eigenvalue weighted by molar-refractivity contribution is 0.123. The number of nitrogens with zero attached hydrogens (tertiary/aromatic N) is 2. The fourth-order valence-electron chi connectivity index (χ4n) is 3.52. The molecule has 0 radical (unpaired) electrons. The Morgan fingerprint density at radius 2 is 1.79 bits per heavy atom. The van der Waals surface area contributed by atoms with Crippen LogP contribution in [0.2, 0.25) is 0 Å². The van der Waals surface area contributed by atoms with Gasteiger partial charge in [0.1, 0.15) is 0 Å². The molecule has 1 saturated heterocycles. The number of rotatable bonds is 6. The average Bonchev–Trinajstić information content (AvgIpc) is 3.59. The van der Waals surface area contributed by atoms with Crippen LogP contribution in [0, 0.1) is 0 Å². The first kappa shape index (κ1) is 19.2. The molecule has 2 amide bonds. The van der Waals surface area contributed by atoms with E-state index in [9.17, 15) is 9.90 Å². The lowest BCUT2D eigenvalue weighted by atomic mass is 10.1. The SMILES string of the molecule is O=C(Nc1ccc(N2CCSCC2)cc1)N(CC(O)c1ccccc1)C1CC1. The fraction of sp³-hybridized carbons (Fsp3) is 0.409. The summed E-state index contributed by atoms with van der Waals surface area (Å²) in [6.07, 6.45) is 1.33. The minimum Gasteiger partial charge on any atom is -0.387 e. The van der Waals surface area contributed by atoms with Crippen molar-refractivity contribution in [3.63, 3.8) is 0 Å². The molecule has 0 bridgehead atoms. The van der Waals surface area contributed by atoms with Crippen molar-refractivity contribution in [1.29, 1.82) is 0 Å². The molecule has 1 unspecified atom stereocenters. The molecule has 1 saturated carbocycles. The molecule has 4 rings (SSSR count). The van der Waals surface area contributed by atoms with Crippen LogP contribution in [0.5, 0.6) is 0 Å². The molecule has 0 spiro atoms. The number of hydrogen-bond acceptors (Lipinski definition) is 4. The van der Waals surface area contributed by atoms with E-state index in [1.54, 1.807) is 4.90 Å². The fourth-order valence-corrected chi connectivity index (χ4v) is 4.43. The van der Waals surface area contributed by atoms with Crippen molar-refractivity contribution in [1.82, 2.24) is 4.90 Å². The Hall–Kier alpha value is -2.18. The van der Waals surface area contributed by atoms with E-state index in [4.69, 9.17) is 0 Å². The minimum atomic E-state index is -0.674. The Bertz CT molecular complexity index is 774. The van der Waals surface area contributed by atoms with Crippen LogP contribution >= 0.6 is 11.8 Å². The van der Waals surface area contributed by atoms with Gasteiger partial charge in [0.05, 0.1) is 12.6 Å². The Balaban J connectivity index is 1.38. The largest absolute Gasteiger partial charge is 0.387 e. The summed E-state index contributed by atoms with van der Waals surface area (Å²) in [7, 11) is 0. The van der Waals surface area contributed by atoms with E-state index in [1.165, 1.54) is 17.2 Å². The molecule has 2 N–H and O–H groups in total. The third-order valence-corrected chi connectivity index (χ3v) is 6.24. The molecular formula is C22H27N3O2S. The summed E-state index contributed by atoms with van der Waals surface area (Å²) in [4.78, 5) is 17.0. The van der Waals surface area contributed by atoms with Crippen molar-refractivity contribution in [3.8, 4) is 0 Å². The van der Waals surface area contributed by atoms with Gasteiger partial charge in [0.25, 0.3) is 0 Å². The van der Waals surface area contributed by atoms with E-state index in [-0.39, 0.29) is 12.1 Å². The molecule has 2 fully saturated rings. The maximum Gasteiger partial charge on any atom is 0.322 e. The Morgan fingerprint density at radius 1 is 1.11 bits per heavy atom. The second kappa shape index (κ2) is 8.88. The number of nitrogens with one attached hydrogen (secondary N) is 1. The summed E-state index contributed by atoms with van der Waals surface area (Å²) >= 11 is 2.00. The second-order valence-corrected chi connectivity index (χ2v) is 8.61. The van der Waals surface area contributed by atoms with Crippen molar-refractivity contribution in [2.24, 2.45) is 0 Å². The smallest absolute Gasteiger partial charge is 0.322 e. The summed E-state index contributed by atoms with van der Waals surface area (Å²) in [5.74, 6) is 2.33. The third-order valence-electron chi connectivity index (χ3n) is 5.30. The van der Waals surface area contributed by atoms with Crippen LogP contribution in [0.1, 0.15) is 24.5 Å². The van der Waals surface area contributed by atoms with Gasteiger partial charge in [-0.15, -0.1) is 0 Å². The molecule has 1 atom stereocenters. The van der Waals surface area contributed by atoms with E-state index >= 15 is 0 Å². The summed E-state index contributed by atoms with van der Waals surface area (Å²) in [5.41, 5.74) is 2.84. The molecule has 6 heteroatoms. The molecule has 2 aromatic rings. The number of aliphatic hydroxyl groups is 1. The summed E-state index contributed by atoms with van der Waals surface area (Å²) in [6.45, 7) is 2.45. The molecule has 2 aromatic carbocycles. The molecule has 1 heterocycles. The van der Waals surface area contributed by atoms with E-state index in [0.29, 0.717) is 6.54 Å². The minimum absolute atomic E-state index is 0.139. The second-order valence-electron chi connectivity index (χ2n) is 7.39. The number of carbonyl (C=O) groups is 1. The first-order valence-electron chi connectivity index (χ1n) is 9.94. The topological polar surface area (TPSA) is 55.8 Å². The zero-order valence-corrected chi connectivity index (χ0v) is 16.8. The predicted octanol–water partition coefficient (Wildman–Crippen LogP) is 3.97. The predicted molar refractivity (Wildman–Crippen MR) is 116 cm³/mol. The van der Waals surface area contributed by atoms with Gasteiger partial charge >= 0.3 is 6.03 Å². The average molecular weight is 398 g/mol. The van der Waals surface area contributed by atoms with Gasteiger partial charge in [-0.1, -0.05) is 30.3 Å². The van der Waals surface area contributed by atoms with Crippen molar-refractivity contribution in [2.75, 3.05) is 41.4 Å². The number of aliphatic hydroxyl groups excluding tert-OH is 1. The van der Waals surface area contributed by atoms with Crippen molar-refractivity contribution in [3.05, 3.63) is 60.2 Å². The zero-order valence-electron chi connectivity index (χ0n) is 16.0. The van der Waals surface area contributed by atoms with Crippen molar-refractivity contribution < 1.29 is 9.90 Å². The number of thioether (sulfide) groups is 1. The van der Waals surface area contributed by atoms with Crippen LogP contribution in [0.4, 0.5) is 16.2 Å². The normalized spacial score (nSPS) is 17.8. The summed E-state index contributed by atoms with van der Waals surface area (Å²) in [6, 6.07) is 17.7. The number of carbonyl (C=O) groups excluding carboxylic acids is 1. The molecule has 148 valence electrons. The van der Waals surface area contributed by atoms with Gasteiger partial charge < -0.3 is 20.2 Å². The maximum absolute atomic E-state index is 12.8.